The highest BCUT2D eigenvalue weighted by Gasteiger charge is 2.50. The molecule has 4 bridgehead atoms. The van der Waals surface area contributed by atoms with Crippen LogP contribution >= 0.6 is 7.29 Å². The van der Waals surface area contributed by atoms with Crippen molar-refractivity contribution in [2.75, 3.05) is 19.9 Å². The fourth-order valence-corrected chi connectivity index (χ4v) is 5.58. The molecular weight excluding hydrogens is 217 g/mol. The van der Waals surface area contributed by atoms with E-state index in [9.17, 15) is 4.57 Å². The van der Waals surface area contributed by atoms with Gasteiger partial charge in [0.05, 0.1) is 0 Å². The van der Waals surface area contributed by atoms with Crippen LogP contribution in [0.1, 0.15) is 38.5 Å². The summed E-state index contributed by atoms with van der Waals surface area (Å²) in [4.78, 5) is 0. The lowest BCUT2D eigenvalue weighted by Crippen LogP contribution is -2.49. The van der Waals surface area contributed by atoms with Gasteiger partial charge in [-0.05, 0) is 61.7 Å². The molecule has 92 valence electrons. The summed E-state index contributed by atoms with van der Waals surface area (Å²) in [5.41, 5.74) is 0.524. The average molecular weight is 241 g/mol. The Bertz CT molecular complexity index is 298. The van der Waals surface area contributed by atoms with Crippen molar-refractivity contribution in [3.63, 3.8) is 0 Å². The zero-order chi connectivity index (χ0) is 11.4. The summed E-state index contributed by atoms with van der Waals surface area (Å²) in [7, 11) is -2.04. The Morgan fingerprint density at radius 1 is 1.06 bits per heavy atom. The van der Waals surface area contributed by atoms with Crippen LogP contribution in [0.3, 0.4) is 0 Å². The van der Waals surface area contributed by atoms with Gasteiger partial charge in [0, 0.05) is 19.9 Å². The second-order valence-corrected chi connectivity index (χ2v) is 10.1. The standard InChI is InChI=1S/C13H24NOP/c1-16(2,15)14-9-13-6-10-3-11(7-13)5-12(4-10)8-13/h10-12H,3-9H2,1-2H3,(H,14,15). The van der Waals surface area contributed by atoms with Gasteiger partial charge >= 0.3 is 0 Å². The van der Waals surface area contributed by atoms with Gasteiger partial charge in [-0.3, -0.25) is 5.09 Å². The normalized spacial score (nSPS) is 46.2. The first-order valence-corrected chi connectivity index (χ1v) is 9.34. The van der Waals surface area contributed by atoms with E-state index in [1.54, 1.807) is 0 Å². The Hall–Kier alpha value is 0.190. The number of hydrogen-bond donors (Lipinski definition) is 1. The lowest BCUT2D eigenvalue weighted by molar-refractivity contribution is -0.0487. The second-order valence-electron chi connectivity index (χ2n) is 7.10. The molecule has 0 atom stereocenters. The number of hydrogen-bond acceptors (Lipinski definition) is 1. The molecule has 3 heteroatoms. The van der Waals surface area contributed by atoms with E-state index in [1.165, 1.54) is 38.5 Å². The quantitative estimate of drug-likeness (QED) is 0.768. The van der Waals surface area contributed by atoms with Crippen LogP contribution in [0.25, 0.3) is 0 Å². The summed E-state index contributed by atoms with van der Waals surface area (Å²) in [6.45, 7) is 4.72. The molecule has 1 N–H and O–H groups in total. The summed E-state index contributed by atoms with van der Waals surface area (Å²) in [6, 6.07) is 0. The maximum absolute atomic E-state index is 11.8. The third-order valence-corrected chi connectivity index (χ3v) is 5.92. The molecule has 2 nitrogen and oxygen atoms in total. The monoisotopic (exact) mass is 241 g/mol. The molecule has 0 aromatic heterocycles. The molecule has 0 unspecified atom stereocenters. The van der Waals surface area contributed by atoms with Crippen molar-refractivity contribution in [2.24, 2.45) is 23.2 Å². The van der Waals surface area contributed by atoms with E-state index in [0.717, 1.165) is 24.3 Å². The molecule has 4 saturated carbocycles. The molecule has 0 spiro atoms. The maximum atomic E-state index is 11.8. The molecule has 0 saturated heterocycles. The molecule has 4 aliphatic rings. The molecule has 0 amide bonds. The van der Waals surface area contributed by atoms with Gasteiger partial charge in [0.25, 0.3) is 0 Å². The van der Waals surface area contributed by atoms with Gasteiger partial charge in [0.15, 0.2) is 0 Å². The predicted octanol–water partition coefficient (Wildman–Crippen LogP) is 3.33. The summed E-state index contributed by atoms with van der Waals surface area (Å²) < 4.78 is 11.8. The zero-order valence-corrected chi connectivity index (χ0v) is 11.4. The van der Waals surface area contributed by atoms with Crippen molar-refractivity contribution < 1.29 is 4.57 Å². The number of nitrogens with one attached hydrogen (secondary N) is 1. The lowest BCUT2D eigenvalue weighted by atomic mass is 9.50. The molecular formula is C13H24NOP. The third-order valence-electron chi connectivity index (χ3n) is 5.00. The van der Waals surface area contributed by atoms with Crippen molar-refractivity contribution in [3.05, 3.63) is 0 Å². The van der Waals surface area contributed by atoms with Gasteiger partial charge in [-0.2, -0.15) is 0 Å². The van der Waals surface area contributed by atoms with Crippen LogP contribution in [0, 0.1) is 23.2 Å². The molecule has 0 aromatic rings. The Labute approximate surface area is 99.0 Å². The fourth-order valence-electron chi connectivity index (χ4n) is 4.86. The van der Waals surface area contributed by atoms with E-state index in [1.807, 2.05) is 13.3 Å². The molecule has 0 aliphatic heterocycles. The van der Waals surface area contributed by atoms with Gasteiger partial charge < -0.3 is 4.57 Å². The summed E-state index contributed by atoms with van der Waals surface area (Å²) in [5.74, 6) is 3.00. The van der Waals surface area contributed by atoms with E-state index in [4.69, 9.17) is 0 Å². The first kappa shape index (κ1) is 11.3. The minimum absolute atomic E-state index is 0.524. The number of rotatable bonds is 3. The first-order chi connectivity index (χ1) is 7.44. The van der Waals surface area contributed by atoms with Gasteiger partial charge in [0.2, 0.25) is 0 Å². The smallest absolute Gasteiger partial charge is 0.141 e. The van der Waals surface area contributed by atoms with Gasteiger partial charge in [-0.1, -0.05) is 0 Å². The zero-order valence-electron chi connectivity index (χ0n) is 10.5. The molecule has 4 fully saturated rings. The Morgan fingerprint density at radius 2 is 1.50 bits per heavy atom. The van der Waals surface area contributed by atoms with Crippen molar-refractivity contribution in [2.45, 2.75) is 38.5 Å². The third kappa shape index (κ3) is 2.11. The summed E-state index contributed by atoms with van der Waals surface area (Å²) >= 11 is 0. The highest BCUT2D eigenvalue weighted by Crippen LogP contribution is 2.60. The van der Waals surface area contributed by atoms with Crippen LogP contribution in [0.4, 0.5) is 0 Å². The van der Waals surface area contributed by atoms with Crippen LogP contribution in [-0.4, -0.2) is 19.9 Å². The highest BCUT2D eigenvalue weighted by molar-refractivity contribution is 7.60. The maximum Gasteiger partial charge on any atom is 0.141 e. The SMILES string of the molecule is CP(C)(=O)NCC12CC3CC(CC(C3)C1)C2. The van der Waals surface area contributed by atoms with Crippen LogP contribution < -0.4 is 5.09 Å². The van der Waals surface area contributed by atoms with E-state index in [0.29, 0.717) is 5.41 Å². The predicted molar refractivity (Wildman–Crippen MR) is 68.1 cm³/mol. The summed E-state index contributed by atoms with van der Waals surface area (Å²) in [5, 5.41) is 3.33. The average Bonchev–Trinajstić information content (AvgIpc) is 2.11. The molecule has 0 radical (unpaired) electrons. The lowest BCUT2D eigenvalue weighted by Gasteiger charge is -2.57. The van der Waals surface area contributed by atoms with Crippen molar-refractivity contribution in [3.8, 4) is 0 Å². The largest absolute Gasteiger partial charge is 0.307 e. The fraction of sp³-hybridized carbons (Fsp3) is 1.00. The molecule has 4 rings (SSSR count). The first-order valence-electron chi connectivity index (χ1n) is 6.74. The van der Waals surface area contributed by atoms with Crippen LogP contribution in [-0.2, 0) is 4.57 Å². The van der Waals surface area contributed by atoms with Crippen LogP contribution in [0.5, 0.6) is 0 Å². The van der Waals surface area contributed by atoms with E-state index in [-0.39, 0.29) is 0 Å². The minimum atomic E-state index is -2.04. The van der Waals surface area contributed by atoms with Crippen LogP contribution in [0.15, 0.2) is 0 Å². The van der Waals surface area contributed by atoms with Crippen LogP contribution in [0.2, 0.25) is 0 Å². The van der Waals surface area contributed by atoms with Gasteiger partial charge in [-0.15, -0.1) is 0 Å². The second kappa shape index (κ2) is 3.59. The minimum Gasteiger partial charge on any atom is -0.307 e. The Kier molecular flexibility index (Phi) is 2.53. The van der Waals surface area contributed by atoms with Gasteiger partial charge in [-0.25, -0.2) is 0 Å². The Balaban J connectivity index is 1.71. The van der Waals surface area contributed by atoms with E-state index >= 15 is 0 Å². The van der Waals surface area contributed by atoms with Crippen molar-refractivity contribution in [1.82, 2.24) is 5.09 Å². The van der Waals surface area contributed by atoms with Crippen molar-refractivity contribution >= 4 is 7.29 Å². The van der Waals surface area contributed by atoms with E-state index < -0.39 is 7.29 Å². The van der Waals surface area contributed by atoms with Gasteiger partial charge in [0.1, 0.15) is 7.29 Å². The van der Waals surface area contributed by atoms with E-state index in [2.05, 4.69) is 5.09 Å². The summed E-state index contributed by atoms with van der Waals surface area (Å²) in [6.07, 6.45) is 8.71. The highest BCUT2D eigenvalue weighted by atomic mass is 31.2. The topological polar surface area (TPSA) is 29.1 Å². The van der Waals surface area contributed by atoms with Crippen molar-refractivity contribution in [1.29, 1.82) is 0 Å². The molecule has 0 aromatic carbocycles. The molecule has 16 heavy (non-hydrogen) atoms. The molecule has 4 aliphatic carbocycles. The molecule has 0 heterocycles. The Morgan fingerprint density at radius 3 is 1.88 bits per heavy atom.